The second kappa shape index (κ2) is 7.08. The molecular weight excluding hydrogens is 381 g/mol. The number of rotatable bonds is 4. The first-order chi connectivity index (χ1) is 11.8. The molecule has 0 spiro atoms. The molecule has 0 atom stereocenters. The molecule has 0 radical (unpaired) electrons. The average Bonchev–Trinajstić information content (AvgIpc) is 2.53. The first kappa shape index (κ1) is 20.5. The Bertz CT molecular complexity index is 730. The van der Waals surface area contributed by atoms with Crippen LogP contribution in [0.1, 0.15) is 25.0 Å². The first-order valence-electron chi connectivity index (χ1n) is 7.48. The van der Waals surface area contributed by atoms with E-state index in [2.05, 4.69) is 0 Å². The SMILES string of the molecule is CC(C)OP(=O)(c1ccc(C(F)(F)F)cc1)c1ccc(C(F)(F)F)cc1. The molecule has 0 fully saturated rings. The quantitative estimate of drug-likeness (QED) is 0.513. The van der Waals surface area contributed by atoms with Crippen LogP contribution in [0.4, 0.5) is 26.3 Å². The lowest BCUT2D eigenvalue weighted by molar-refractivity contribution is -0.138. The van der Waals surface area contributed by atoms with Gasteiger partial charge in [-0.1, -0.05) is 0 Å². The fourth-order valence-electron chi connectivity index (χ4n) is 2.26. The third-order valence-electron chi connectivity index (χ3n) is 3.43. The van der Waals surface area contributed by atoms with Gasteiger partial charge in [-0.25, -0.2) is 0 Å². The van der Waals surface area contributed by atoms with Crippen molar-refractivity contribution in [2.75, 3.05) is 0 Å². The van der Waals surface area contributed by atoms with Crippen molar-refractivity contribution >= 4 is 18.0 Å². The van der Waals surface area contributed by atoms with Gasteiger partial charge in [0.2, 0.25) is 0 Å². The van der Waals surface area contributed by atoms with Gasteiger partial charge in [0.25, 0.3) is 7.37 Å². The van der Waals surface area contributed by atoms with Crippen LogP contribution in [-0.4, -0.2) is 6.10 Å². The third-order valence-corrected chi connectivity index (χ3v) is 6.10. The van der Waals surface area contributed by atoms with Crippen LogP contribution < -0.4 is 10.6 Å². The van der Waals surface area contributed by atoms with E-state index < -0.39 is 37.0 Å². The van der Waals surface area contributed by atoms with Gasteiger partial charge in [-0.15, -0.1) is 0 Å². The summed E-state index contributed by atoms with van der Waals surface area (Å²) in [5.41, 5.74) is -1.85. The highest BCUT2D eigenvalue weighted by atomic mass is 31.2. The van der Waals surface area contributed by atoms with Gasteiger partial charge in [-0.2, -0.15) is 26.3 Å². The normalized spacial score (nSPS) is 13.3. The predicted molar refractivity (Wildman–Crippen MR) is 86.0 cm³/mol. The van der Waals surface area contributed by atoms with Crippen molar-refractivity contribution in [1.29, 1.82) is 0 Å². The molecule has 142 valence electrons. The van der Waals surface area contributed by atoms with Crippen molar-refractivity contribution in [3.63, 3.8) is 0 Å². The molecule has 26 heavy (non-hydrogen) atoms. The molecule has 0 heterocycles. The predicted octanol–water partition coefficient (Wildman–Crippen LogP) is 5.38. The Labute approximate surface area is 146 Å². The van der Waals surface area contributed by atoms with Crippen LogP contribution in [0.2, 0.25) is 0 Å². The minimum absolute atomic E-state index is 0.0287. The van der Waals surface area contributed by atoms with E-state index in [0.717, 1.165) is 48.5 Å². The van der Waals surface area contributed by atoms with Crippen molar-refractivity contribution in [2.45, 2.75) is 32.3 Å². The fourth-order valence-corrected chi connectivity index (χ4v) is 4.48. The van der Waals surface area contributed by atoms with Crippen LogP contribution in [0.15, 0.2) is 48.5 Å². The van der Waals surface area contributed by atoms with E-state index in [4.69, 9.17) is 4.52 Å². The van der Waals surface area contributed by atoms with Gasteiger partial charge in [0.15, 0.2) is 0 Å². The Kier molecular flexibility index (Phi) is 5.59. The molecule has 0 bridgehead atoms. The lowest BCUT2D eigenvalue weighted by Gasteiger charge is -2.22. The average molecular weight is 396 g/mol. The molecule has 2 aromatic rings. The van der Waals surface area contributed by atoms with Crippen molar-refractivity contribution < 1.29 is 35.4 Å². The van der Waals surface area contributed by atoms with E-state index in [-0.39, 0.29) is 10.6 Å². The Hall–Kier alpha value is -1.79. The molecule has 2 nitrogen and oxygen atoms in total. The van der Waals surface area contributed by atoms with Crippen LogP contribution in [-0.2, 0) is 21.4 Å². The lowest BCUT2D eigenvalue weighted by atomic mass is 10.2. The molecule has 0 unspecified atom stereocenters. The second-order valence-corrected chi connectivity index (χ2v) is 8.14. The fraction of sp³-hybridized carbons (Fsp3) is 0.294. The molecule has 9 heteroatoms. The maximum Gasteiger partial charge on any atom is 0.416 e. The zero-order valence-corrected chi connectivity index (χ0v) is 14.6. The van der Waals surface area contributed by atoms with Crippen molar-refractivity contribution in [2.24, 2.45) is 0 Å². The maximum atomic E-state index is 13.4. The molecule has 0 amide bonds. The third kappa shape index (κ3) is 4.48. The summed E-state index contributed by atoms with van der Waals surface area (Å²) in [7, 11) is -3.86. The number of hydrogen-bond acceptors (Lipinski definition) is 2. The summed E-state index contributed by atoms with van der Waals surface area (Å²) in [6.45, 7) is 3.14. The van der Waals surface area contributed by atoms with Crippen LogP contribution in [0, 0.1) is 0 Å². The highest BCUT2D eigenvalue weighted by Crippen LogP contribution is 2.46. The van der Waals surface area contributed by atoms with Crippen LogP contribution in [0.5, 0.6) is 0 Å². The topological polar surface area (TPSA) is 26.3 Å². The van der Waals surface area contributed by atoms with Gasteiger partial charge in [-0.3, -0.25) is 4.57 Å². The Balaban J connectivity index is 2.50. The van der Waals surface area contributed by atoms with Crippen LogP contribution in [0.3, 0.4) is 0 Å². The molecule has 0 N–H and O–H groups in total. The Morgan fingerprint density at radius 2 is 1.04 bits per heavy atom. The van der Waals surface area contributed by atoms with Crippen LogP contribution in [0.25, 0.3) is 0 Å². The Morgan fingerprint density at radius 3 is 1.27 bits per heavy atom. The zero-order valence-electron chi connectivity index (χ0n) is 13.7. The van der Waals surface area contributed by atoms with Gasteiger partial charge in [-0.05, 0) is 62.4 Å². The van der Waals surface area contributed by atoms with Gasteiger partial charge in [0.05, 0.1) is 17.2 Å². The summed E-state index contributed by atoms with van der Waals surface area (Å²) >= 11 is 0. The summed E-state index contributed by atoms with van der Waals surface area (Å²) in [6.07, 6.45) is -9.68. The molecule has 2 rings (SSSR count). The summed E-state index contributed by atoms with van der Waals surface area (Å²) in [4.78, 5) is 0. The number of hydrogen-bond donors (Lipinski definition) is 0. The minimum Gasteiger partial charge on any atom is -0.319 e. The number of alkyl halides is 6. The van der Waals surface area contributed by atoms with E-state index in [1.807, 2.05) is 0 Å². The summed E-state index contributed by atoms with van der Waals surface area (Å²) in [6, 6.07) is 7.11. The van der Waals surface area contributed by atoms with Gasteiger partial charge >= 0.3 is 12.4 Å². The van der Waals surface area contributed by atoms with E-state index in [9.17, 15) is 30.9 Å². The standard InChI is InChI=1S/C17H15F6O2P/c1-11(2)25-26(24,14-7-3-12(4-8-14)16(18,19)20)15-9-5-13(6-10-15)17(21,22)23/h3-11H,1-2H3. The highest BCUT2D eigenvalue weighted by molar-refractivity contribution is 7.74. The molecular formula is C17H15F6O2P. The Morgan fingerprint density at radius 1 is 0.731 bits per heavy atom. The summed E-state index contributed by atoms with van der Waals surface area (Å²) in [5, 5.41) is -0.0575. The van der Waals surface area contributed by atoms with Crippen molar-refractivity contribution in [1.82, 2.24) is 0 Å². The van der Waals surface area contributed by atoms with E-state index in [1.54, 1.807) is 13.8 Å². The first-order valence-corrected chi connectivity index (χ1v) is 9.10. The number of halogens is 6. The monoisotopic (exact) mass is 396 g/mol. The van der Waals surface area contributed by atoms with Gasteiger partial charge < -0.3 is 4.52 Å². The molecule has 2 aromatic carbocycles. The smallest absolute Gasteiger partial charge is 0.319 e. The van der Waals surface area contributed by atoms with Crippen molar-refractivity contribution in [3.05, 3.63) is 59.7 Å². The molecule has 0 aromatic heterocycles. The van der Waals surface area contributed by atoms with Gasteiger partial charge in [0.1, 0.15) is 0 Å². The lowest BCUT2D eigenvalue weighted by Crippen LogP contribution is -2.22. The van der Waals surface area contributed by atoms with Crippen LogP contribution >= 0.6 is 7.37 Å². The summed E-state index contributed by atoms with van der Waals surface area (Å²) < 4.78 is 95.0. The van der Waals surface area contributed by atoms with E-state index in [0.29, 0.717) is 0 Å². The molecule has 0 saturated carbocycles. The van der Waals surface area contributed by atoms with Gasteiger partial charge in [0, 0.05) is 10.6 Å². The van der Waals surface area contributed by atoms with Crippen molar-refractivity contribution in [3.8, 4) is 0 Å². The zero-order chi connectivity index (χ0) is 19.8. The molecule has 0 aliphatic rings. The molecule has 0 saturated heterocycles. The maximum absolute atomic E-state index is 13.4. The minimum atomic E-state index is -4.56. The second-order valence-electron chi connectivity index (χ2n) is 5.79. The highest BCUT2D eigenvalue weighted by Gasteiger charge is 2.35. The number of benzene rings is 2. The largest absolute Gasteiger partial charge is 0.416 e. The van der Waals surface area contributed by atoms with E-state index in [1.165, 1.54) is 0 Å². The molecule has 0 aliphatic heterocycles. The molecule has 0 aliphatic carbocycles. The summed E-state index contributed by atoms with van der Waals surface area (Å²) in [5.74, 6) is 0. The van der Waals surface area contributed by atoms with E-state index >= 15 is 0 Å².